The normalized spacial score (nSPS) is 17.8. The number of phosphoric acid groups is 1. The van der Waals surface area contributed by atoms with Crippen LogP contribution in [-0.2, 0) is 20.6 Å². The van der Waals surface area contributed by atoms with Crippen molar-refractivity contribution in [1.82, 2.24) is 15.6 Å². The summed E-state index contributed by atoms with van der Waals surface area (Å²) < 4.78 is 15.6. The highest BCUT2D eigenvalue weighted by atomic mass is 31.2. The number of hydrogen-bond donors (Lipinski definition) is 5. The molecule has 2 amide bonds. The standard InChI is InChI=1S/C16H20N3O6P/c20-15-12(2-1-6-17-15)16(21)18-7-5-10-9-19-14-4-3-11(8-13(10)14)25-26(22,23)24/h3-4,8-9,12,19H,1-2,5-7H2,(H,17,20)(H,18,21)(H2,22,23,24). The van der Waals surface area contributed by atoms with E-state index in [2.05, 4.69) is 20.1 Å². The van der Waals surface area contributed by atoms with Gasteiger partial charge in [0.1, 0.15) is 11.7 Å². The fourth-order valence-electron chi connectivity index (χ4n) is 3.02. The zero-order valence-corrected chi connectivity index (χ0v) is 14.8. The second kappa shape index (κ2) is 7.49. The van der Waals surface area contributed by atoms with Crippen LogP contribution in [-0.4, -0.2) is 39.7 Å². The van der Waals surface area contributed by atoms with Crippen LogP contribution in [0.4, 0.5) is 0 Å². The highest BCUT2D eigenvalue weighted by molar-refractivity contribution is 7.46. The number of carbonyl (C=O) groups excluding carboxylic acids is 2. The van der Waals surface area contributed by atoms with Gasteiger partial charge in [-0.05, 0) is 43.0 Å². The Kier molecular flexibility index (Phi) is 5.31. The molecule has 10 heteroatoms. The smallest absolute Gasteiger partial charge is 0.404 e. The fourth-order valence-corrected chi connectivity index (χ4v) is 3.41. The number of benzene rings is 1. The molecule has 2 heterocycles. The van der Waals surface area contributed by atoms with E-state index in [4.69, 9.17) is 9.79 Å². The van der Waals surface area contributed by atoms with Crippen LogP contribution in [0.25, 0.3) is 10.9 Å². The van der Waals surface area contributed by atoms with Crippen molar-refractivity contribution >= 4 is 30.5 Å². The maximum Gasteiger partial charge on any atom is 0.524 e. The molecule has 1 aliphatic heterocycles. The van der Waals surface area contributed by atoms with Crippen LogP contribution in [0.5, 0.6) is 5.75 Å². The van der Waals surface area contributed by atoms with E-state index in [1.54, 1.807) is 12.3 Å². The molecule has 1 fully saturated rings. The summed E-state index contributed by atoms with van der Waals surface area (Å²) in [5.41, 5.74) is 1.65. The second-order valence-corrected chi connectivity index (χ2v) is 7.29. The molecule has 0 radical (unpaired) electrons. The minimum absolute atomic E-state index is 0.0644. The van der Waals surface area contributed by atoms with E-state index in [0.717, 1.165) is 22.9 Å². The van der Waals surface area contributed by atoms with Crippen molar-refractivity contribution < 1.29 is 28.5 Å². The number of hydrogen-bond acceptors (Lipinski definition) is 4. The Hall–Kier alpha value is -2.35. The van der Waals surface area contributed by atoms with E-state index in [-0.39, 0.29) is 17.6 Å². The summed E-state index contributed by atoms with van der Waals surface area (Å²) in [6.07, 6.45) is 3.60. The number of amides is 2. The third kappa shape index (κ3) is 4.43. The van der Waals surface area contributed by atoms with Crippen LogP contribution < -0.4 is 15.2 Å². The van der Waals surface area contributed by atoms with Crippen LogP contribution in [0.2, 0.25) is 0 Å². The molecular weight excluding hydrogens is 361 g/mol. The topological polar surface area (TPSA) is 141 Å². The van der Waals surface area contributed by atoms with Crippen LogP contribution >= 0.6 is 7.82 Å². The first kappa shape index (κ1) is 18.4. The average Bonchev–Trinajstić information content (AvgIpc) is 2.96. The molecule has 0 saturated carbocycles. The number of fused-ring (bicyclic) bond motifs is 1. The molecule has 1 aliphatic rings. The Morgan fingerprint density at radius 2 is 2.19 bits per heavy atom. The summed E-state index contributed by atoms with van der Waals surface area (Å²) in [5.74, 6) is -1.10. The molecule has 26 heavy (non-hydrogen) atoms. The van der Waals surface area contributed by atoms with Gasteiger partial charge in [-0.15, -0.1) is 0 Å². The Morgan fingerprint density at radius 3 is 2.92 bits per heavy atom. The van der Waals surface area contributed by atoms with E-state index < -0.39 is 13.7 Å². The number of H-pyrrole nitrogens is 1. The molecule has 1 aromatic carbocycles. The number of aromatic amines is 1. The number of phosphoric ester groups is 1. The van der Waals surface area contributed by atoms with E-state index in [1.807, 2.05) is 0 Å². The maximum absolute atomic E-state index is 12.1. The van der Waals surface area contributed by atoms with Gasteiger partial charge in [-0.3, -0.25) is 19.4 Å². The van der Waals surface area contributed by atoms with Crippen molar-refractivity contribution in [2.75, 3.05) is 13.1 Å². The van der Waals surface area contributed by atoms with E-state index in [9.17, 15) is 14.2 Å². The molecule has 1 saturated heterocycles. The van der Waals surface area contributed by atoms with Gasteiger partial charge in [-0.2, -0.15) is 0 Å². The van der Waals surface area contributed by atoms with Crippen LogP contribution in [0.15, 0.2) is 24.4 Å². The van der Waals surface area contributed by atoms with Crippen LogP contribution in [0.3, 0.4) is 0 Å². The number of carbonyl (C=O) groups is 2. The van der Waals surface area contributed by atoms with Crippen molar-refractivity contribution in [2.45, 2.75) is 19.3 Å². The van der Waals surface area contributed by atoms with Crippen molar-refractivity contribution in [2.24, 2.45) is 5.92 Å². The molecule has 3 rings (SSSR count). The summed E-state index contributed by atoms with van der Waals surface area (Å²) >= 11 is 0. The molecule has 0 spiro atoms. The van der Waals surface area contributed by atoms with E-state index >= 15 is 0 Å². The Balaban J connectivity index is 1.63. The van der Waals surface area contributed by atoms with Gasteiger partial charge in [0.05, 0.1) is 0 Å². The molecule has 1 atom stereocenters. The predicted octanol–water partition coefficient (Wildman–Crippen LogP) is 0.824. The van der Waals surface area contributed by atoms with Gasteiger partial charge in [0.15, 0.2) is 0 Å². The van der Waals surface area contributed by atoms with Crippen molar-refractivity contribution in [1.29, 1.82) is 0 Å². The van der Waals surface area contributed by atoms with Gasteiger partial charge in [0, 0.05) is 30.2 Å². The molecule has 0 aliphatic carbocycles. The first-order valence-corrected chi connectivity index (χ1v) is 9.77. The summed E-state index contributed by atoms with van der Waals surface area (Å²) in [7, 11) is -4.62. The molecule has 0 bridgehead atoms. The molecule has 5 N–H and O–H groups in total. The molecule has 1 unspecified atom stereocenters. The first-order valence-electron chi connectivity index (χ1n) is 8.24. The highest BCUT2D eigenvalue weighted by Gasteiger charge is 2.28. The van der Waals surface area contributed by atoms with Crippen molar-refractivity contribution in [3.05, 3.63) is 30.0 Å². The van der Waals surface area contributed by atoms with E-state index in [1.165, 1.54) is 12.1 Å². The molecular formula is C16H20N3O6P. The van der Waals surface area contributed by atoms with Gasteiger partial charge in [-0.25, -0.2) is 4.57 Å². The van der Waals surface area contributed by atoms with Gasteiger partial charge >= 0.3 is 7.82 Å². The summed E-state index contributed by atoms with van der Waals surface area (Å²) in [6.45, 7) is 0.954. The molecule has 9 nitrogen and oxygen atoms in total. The first-order chi connectivity index (χ1) is 12.3. The van der Waals surface area contributed by atoms with Gasteiger partial charge < -0.3 is 20.1 Å². The predicted molar refractivity (Wildman–Crippen MR) is 93.4 cm³/mol. The number of aromatic nitrogens is 1. The number of piperidine rings is 1. The Bertz CT molecular complexity index is 874. The Labute approximate surface area is 149 Å². The largest absolute Gasteiger partial charge is 0.524 e. The Morgan fingerprint density at radius 1 is 1.38 bits per heavy atom. The van der Waals surface area contributed by atoms with Gasteiger partial charge in [0.2, 0.25) is 11.8 Å². The van der Waals surface area contributed by atoms with Crippen LogP contribution in [0.1, 0.15) is 18.4 Å². The lowest BCUT2D eigenvalue weighted by Gasteiger charge is -2.20. The quantitative estimate of drug-likeness (QED) is 0.371. The van der Waals surface area contributed by atoms with Gasteiger partial charge in [-0.1, -0.05) is 0 Å². The summed E-state index contributed by atoms with van der Waals surface area (Å²) in [4.78, 5) is 44.7. The monoisotopic (exact) mass is 381 g/mol. The minimum atomic E-state index is -4.62. The molecule has 2 aromatic rings. The molecule has 1 aromatic heterocycles. The number of nitrogens with one attached hydrogen (secondary N) is 3. The average molecular weight is 381 g/mol. The highest BCUT2D eigenvalue weighted by Crippen LogP contribution is 2.38. The second-order valence-electron chi connectivity index (χ2n) is 6.13. The maximum atomic E-state index is 12.1. The molecule has 140 valence electrons. The lowest BCUT2D eigenvalue weighted by Crippen LogP contribution is -2.45. The SMILES string of the molecule is O=C1NCCCC1C(=O)NCCc1c[nH]c2ccc(OP(=O)(O)O)cc12. The van der Waals surface area contributed by atoms with Gasteiger partial charge in [0.25, 0.3) is 0 Å². The van der Waals surface area contributed by atoms with E-state index in [0.29, 0.717) is 25.9 Å². The lowest BCUT2D eigenvalue weighted by atomic mass is 9.98. The zero-order chi connectivity index (χ0) is 18.7. The van der Waals surface area contributed by atoms with Crippen molar-refractivity contribution in [3.63, 3.8) is 0 Å². The third-order valence-electron chi connectivity index (χ3n) is 4.26. The third-order valence-corrected chi connectivity index (χ3v) is 4.71. The number of rotatable bonds is 6. The summed E-state index contributed by atoms with van der Waals surface area (Å²) in [6, 6.07) is 4.66. The summed E-state index contributed by atoms with van der Waals surface area (Å²) in [5, 5.41) is 6.20. The lowest BCUT2D eigenvalue weighted by molar-refractivity contribution is -0.136. The van der Waals surface area contributed by atoms with Crippen molar-refractivity contribution in [3.8, 4) is 5.75 Å². The fraction of sp³-hybridized carbons (Fsp3) is 0.375. The van der Waals surface area contributed by atoms with Crippen LogP contribution in [0, 0.1) is 5.92 Å². The zero-order valence-electron chi connectivity index (χ0n) is 13.9. The minimum Gasteiger partial charge on any atom is -0.404 e.